The summed E-state index contributed by atoms with van der Waals surface area (Å²) in [5.41, 5.74) is -1.33. The molecule has 0 aliphatic rings. The number of hydrogen-bond donors (Lipinski definition) is 0. The fourth-order valence-corrected chi connectivity index (χ4v) is 2.81. The van der Waals surface area contributed by atoms with E-state index in [-0.39, 0.29) is 0 Å². The van der Waals surface area contributed by atoms with E-state index in [9.17, 15) is 18.5 Å². The smallest absolute Gasteiger partial charge is 0.258 e. The van der Waals surface area contributed by atoms with Crippen LogP contribution < -0.4 is 0 Å². The van der Waals surface area contributed by atoms with E-state index in [1.807, 2.05) is 0 Å². The van der Waals surface area contributed by atoms with Gasteiger partial charge in [0.2, 0.25) is 0 Å². The largest absolute Gasteiger partial charge is 0.308 e. The number of hydrogen-bond acceptors (Lipinski definition) is 5. The molecule has 0 spiro atoms. The molecule has 84 valence electrons. The fraction of sp³-hybridized carbons (Fsp3) is 0. The van der Waals surface area contributed by atoms with Crippen LogP contribution in [0.1, 0.15) is 5.56 Å². The maximum absolute atomic E-state index is 11.1. The van der Waals surface area contributed by atoms with Crippen molar-refractivity contribution in [1.29, 1.82) is 5.26 Å². The van der Waals surface area contributed by atoms with Gasteiger partial charge >= 0.3 is 5.69 Å². The topological polar surface area (TPSA) is 101 Å². The molecule has 9 heteroatoms. The molecule has 0 saturated carbocycles. The molecule has 0 aromatic heterocycles. The lowest BCUT2D eigenvalue weighted by molar-refractivity contribution is -0.388. The zero-order chi connectivity index (χ0) is 12.5. The summed E-state index contributed by atoms with van der Waals surface area (Å²) < 4.78 is 22.2. The van der Waals surface area contributed by atoms with Crippen LogP contribution in [0.3, 0.4) is 0 Å². The number of nitrogens with zero attached hydrogens (tertiary/aromatic N) is 2. The second-order valence-corrected chi connectivity index (χ2v) is 5.49. The van der Waals surface area contributed by atoms with Crippen molar-refractivity contribution < 1.29 is 13.3 Å². The van der Waals surface area contributed by atoms with E-state index >= 15 is 0 Å². The van der Waals surface area contributed by atoms with Gasteiger partial charge in [-0.05, 0) is 12.1 Å². The highest BCUT2D eigenvalue weighted by molar-refractivity contribution is 8.14. The second kappa shape index (κ2) is 4.25. The number of rotatable bonds is 2. The molecule has 1 rings (SSSR count). The zero-order valence-corrected chi connectivity index (χ0v) is 9.67. The average Bonchev–Trinajstić information content (AvgIpc) is 2.15. The zero-order valence-electron chi connectivity index (χ0n) is 7.35. The molecule has 0 aliphatic carbocycles. The standard InChI is InChI=1S/C7H2Cl2N2O4S/c8-5-2-1-4(3-10)6(11(12)13)7(5)16(9,14)15/h1-2H. The van der Waals surface area contributed by atoms with Crippen LogP contribution in [-0.4, -0.2) is 13.3 Å². The van der Waals surface area contributed by atoms with E-state index in [1.54, 1.807) is 0 Å². The molecule has 0 N–H and O–H groups in total. The number of benzene rings is 1. The minimum atomic E-state index is -4.39. The van der Waals surface area contributed by atoms with Gasteiger partial charge < -0.3 is 0 Å². The first-order chi connectivity index (χ1) is 7.29. The van der Waals surface area contributed by atoms with Gasteiger partial charge in [-0.3, -0.25) is 10.1 Å². The first-order valence-electron chi connectivity index (χ1n) is 3.60. The summed E-state index contributed by atoms with van der Waals surface area (Å²) in [6.07, 6.45) is 0. The summed E-state index contributed by atoms with van der Waals surface area (Å²) in [5.74, 6) is 0. The van der Waals surface area contributed by atoms with Crippen LogP contribution in [0.15, 0.2) is 17.0 Å². The van der Waals surface area contributed by atoms with E-state index in [1.165, 1.54) is 6.07 Å². The van der Waals surface area contributed by atoms with Crippen molar-refractivity contribution in [2.24, 2.45) is 0 Å². The van der Waals surface area contributed by atoms with Crippen molar-refractivity contribution >= 4 is 37.0 Å². The van der Waals surface area contributed by atoms with Crippen molar-refractivity contribution in [2.75, 3.05) is 0 Å². The summed E-state index contributed by atoms with van der Waals surface area (Å²) in [4.78, 5) is 8.80. The third-order valence-electron chi connectivity index (χ3n) is 1.63. The molecule has 6 nitrogen and oxygen atoms in total. The molecule has 0 aliphatic heterocycles. The van der Waals surface area contributed by atoms with Crippen molar-refractivity contribution in [2.45, 2.75) is 4.90 Å². The second-order valence-electron chi connectivity index (χ2n) is 2.58. The summed E-state index contributed by atoms with van der Waals surface area (Å²) >= 11 is 5.51. The van der Waals surface area contributed by atoms with Crippen molar-refractivity contribution in [3.8, 4) is 6.07 Å². The van der Waals surface area contributed by atoms with E-state index < -0.39 is 35.1 Å². The highest BCUT2D eigenvalue weighted by Gasteiger charge is 2.31. The first-order valence-corrected chi connectivity index (χ1v) is 6.29. The van der Waals surface area contributed by atoms with Gasteiger partial charge in [0, 0.05) is 10.7 Å². The first kappa shape index (κ1) is 12.7. The Morgan fingerprint density at radius 3 is 2.38 bits per heavy atom. The Morgan fingerprint density at radius 1 is 1.44 bits per heavy atom. The minimum absolute atomic E-state index is 0.402. The molecule has 1 aromatic carbocycles. The minimum Gasteiger partial charge on any atom is -0.258 e. The Labute approximate surface area is 99.6 Å². The average molecular weight is 281 g/mol. The van der Waals surface area contributed by atoms with Crippen LogP contribution >= 0.6 is 22.3 Å². The lowest BCUT2D eigenvalue weighted by atomic mass is 10.2. The molecule has 0 amide bonds. The molecular formula is C7H2Cl2N2O4S. The van der Waals surface area contributed by atoms with Gasteiger partial charge in [-0.1, -0.05) is 11.6 Å². The van der Waals surface area contributed by atoms with Gasteiger partial charge in [-0.2, -0.15) is 5.26 Å². The monoisotopic (exact) mass is 280 g/mol. The molecule has 16 heavy (non-hydrogen) atoms. The van der Waals surface area contributed by atoms with Crippen molar-refractivity contribution in [1.82, 2.24) is 0 Å². The summed E-state index contributed by atoms with van der Waals surface area (Å²) in [6, 6.07) is 3.60. The Hall–Kier alpha value is -1.36. The quantitative estimate of drug-likeness (QED) is 0.469. The highest BCUT2D eigenvalue weighted by atomic mass is 35.7. The lowest BCUT2D eigenvalue weighted by Gasteiger charge is -2.02. The van der Waals surface area contributed by atoms with E-state index in [4.69, 9.17) is 27.5 Å². The molecule has 0 heterocycles. The number of nitriles is 1. The van der Waals surface area contributed by atoms with E-state index in [0.29, 0.717) is 0 Å². The number of halogens is 2. The van der Waals surface area contributed by atoms with Gasteiger partial charge in [-0.25, -0.2) is 8.42 Å². The molecule has 0 radical (unpaired) electrons. The third kappa shape index (κ3) is 2.24. The highest BCUT2D eigenvalue weighted by Crippen LogP contribution is 2.35. The van der Waals surface area contributed by atoms with Crippen LogP contribution in [0.4, 0.5) is 5.69 Å². The summed E-state index contributed by atoms with van der Waals surface area (Å²) in [6.45, 7) is 0. The Bertz CT molecular complexity index is 606. The van der Waals surface area contributed by atoms with Crippen molar-refractivity contribution in [3.05, 3.63) is 32.8 Å². The van der Waals surface area contributed by atoms with Crippen LogP contribution in [-0.2, 0) is 9.05 Å². The van der Waals surface area contributed by atoms with E-state index in [2.05, 4.69) is 0 Å². The number of nitro benzene ring substituents is 1. The number of nitro groups is 1. The third-order valence-corrected chi connectivity index (χ3v) is 3.42. The Kier molecular flexibility index (Phi) is 3.38. The van der Waals surface area contributed by atoms with Crippen LogP contribution in [0.5, 0.6) is 0 Å². The predicted molar refractivity (Wildman–Crippen MR) is 55.9 cm³/mol. The SMILES string of the molecule is N#Cc1ccc(Cl)c(S(=O)(=O)Cl)c1[N+](=O)[O-]. The molecule has 0 saturated heterocycles. The summed E-state index contributed by atoms with van der Waals surface area (Å²) in [5, 5.41) is 18.9. The fourth-order valence-electron chi connectivity index (χ4n) is 1.05. The van der Waals surface area contributed by atoms with Gasteiger partial charge in [0.05, 0.1) is 9.95 Å². The van der Waals surface area contributed by atoms with Crippen LogP contribution in [0, 0.1) is 21.4 Å². The molecule has 0 unspecified atom stereocenters. The van der Waals surface area contributed by atoms with Crippen LogP contribution in [0.25, 0.3) is 0 Å². The molecule has 0 fully saturated rings. The summed E-state index contributed by atoms with van der Waals surface area (Å²) in [7, 11) is 0.622. The van der Waals surface area contributed by atoms with Crippen LogP contribution in [0.2, 0.25) is 5.02 Å². The molecular weight excluding hydrogens is 279 g/mol. The van der Waals surface area contributed by atoms with Gasteiger partial charge in [0.1, 0.15) is 11.6 Å². The van der Waals surface area contributed by atoms with Crippen molar-refractivity contribution in [3.63, 3.8) is 0 Å². The Morgan fingerprint density at radius 2 is 2.00 bits per heavy atom. The van der Waals surface area contributed by atoms with Gasteiger partial charge in [0.15, 0.2) is 4.90 Å². The Balaban J connectivity index is 3.85. The predicted octanol–water partition coefficient (Wildman–Crippen LogP) is 2.05. The molecule has 1 aromatic rings. The van der Waals surface area contributed by atoms with Gasteiger partial charge in [-0.15, -0.1) is 0 Å². The van der Waals surface area contributed by atoms with Gasteiger partial charge in [0.25, 0.3) is 9.05 Å². The maximum atomic E-state index is 11.1. The molecule has 0 bridgehead atoms. The normalized spacial score (nSPS) is 10.8. The van der Waals surface area contributed by atoms with E-state index in [0.717, 1.165) is 12.1 Å². The molecule has 0 atom stereocenters. The maximum Gasteiger partial charge on any atom is 0.308 e. The lowest BCUT2D eigenvalue weighted by Crippen LogP contribution is -2.02.